The molecule has 96 valence electrons. The average molecular weight is 264 g/mol. The van der Waals surface area contributed by atoms with Gasteiger partial charge in [-0.15, -0.1) is 18.2 Å². The third-order valence-corrected chi connectivity index (χ3v) is 3.08. The molecule has 0 unspecified atom stereocenters. The summed E-state index contributed by atoms with van der Waals surface area (Å²) in [5, 5.41) is 2.79. The maximum Gasteiger partial charge on any atom is 0.253 e. The van der Waals surface area contributed by atoms with Gasteiger partial charge in [-0.05, 0) is 12.1 Å². The van der Waals surface area contributed by atoms with Gasteiger partial charge in [-0.2, -0.15) is 0 Å². The van der Waals surface area contributed by atoms with Crippen molar-refractivity contribution in [3.05, 3.63) is 23.8 Å². The molecule has 0 atom stereocenters. The summed E-state index contributed by atoms with van der Waals surface area (Å²) in [6, 6.07) is 4.98. The number of anilines is 1. The van der Waals surface area contributed by atoms with E-state index in [0.29, 0.717) is 29.3 Å². The van der Waals surface area contributed by atoms with Crippen molar-refractivity contribution in [3.63, 3.8) is 0 Å². The fourth-order valence-corrected chi connectivity index (χ4v) is 1.85. The summed E-state index contributed by atoms with van der Waals surface area (Å²) < 4.78 is 5.02. The van der Waals surface area contributed by atoms with Gasteiger partial charge in [0, 0.05) is 24.1 Å². The van der Waals surface area contributed by atoms with Crippen LogP contribution in [0.1, 0.15) is 10.4 Å². The lowest BCUT2D eigenvalue weighted by Gasteiger charge is -2.08. The molecule has 0 aliphatic heterocycles. The van der Waals surface area contributed by atoms with E-state index < -0.39 is 0 Å². The Morgan fingerprint density at radius 3 is 3.00 bits per heavy atom. The number of ether oxygens (including phenoxy) is 1. The zero-order valence-corrected chi connectivity index (χ0v) is 11.0. The second-order valence-corrected chi connectivity index (χ2v) is 4.57. The molecule has 0 heterocycles. The average Bonchev–Trinajstić information content (AvgIpc) is 2.38. The van der Waals surface area contributed by atoms with E-state index in [0.717, 1.165) is 5.75 Å². The molecule has 5 heteroatoms. The van der Waals surface area contributed by atoms with Crippen molar-refractivity contribution >= 4 is 23.4 Å². The Kier molecular flexibility index (Phi) is 5.95. The van der Waals surface area contributed by atoms with E-state index >= 15 is 0 Å². The quantitative estimate of drug-likeness (QED) is 0.463. The van der Waals surface area contributed by atoms with Crippen LogP contribution in [0.15, 0.2) is 18.2 Å². The summed E-state index contributed by atoms with van der Waals surface area (Å²) in [4.78, 5) is 11.8. The maximum absolute atomic E-state index is 11.8. The van der Waals surface area contributed by atoms with Crippen molar-refractivity contribution in [2.24, 2.45) is 0 Å². The lowest BCUT2D eigenvalue weighted by atomic mass is 10.1. The van der Waals surface area contributed by atoms with Crippen molar-refractivity contribution in [2.45, 2.75) is 0 Å². The molecule has 1 aromatic carbocycles. The first-order chi connectivity index (χ1) is 8.69. The number of terminal acetylenes is 1. The molecule has 4 nitrogen and oxygen atoms in total. The van der Waals surface area contributed by atoms with Crippen LogP contribution in [0.3, 0.4) is 0 Å². The van der Waals surface area contributed by atoms with Gasteiger partial charge in [0.25, 0.3) is 5.91 Å². The van der Waals surface area contributed by atoms with Crippen molar-refractivity contribution < 1.29 is 9.53 Å². The molecule has 3 N–H and O–H groups in total. The smallest absolute Gasteiger partial charge is 0.253 e. The molecular formula is C13H16N2O2S. The second kappa shape index (κ2) is 7.51. The highest BCUT2D eigenvalue weighted by molar-refractivity contribution is 7.99. The normalized spacial score (nSPS) is 9.56. The number of thioether (sulfide) groups is 1. The zero-order chi connectivity index (χ0) is 13.4. The molecule has 0 aliphatic carbocycles. The Morgan fingerprint density at radius 1 is 1.61 bits per heavy atom. The second-order valence-electron chi connectivity index (χ2n) is 3.47. The number of nitrogens with two attached hydrogens (primary N) is 1. The number of methoxy groups -OCH3 is 1. The highest BCUT2D eigenvalue weighted by atomic mass is 32.2. The molecule has 1 rings (SSSR count). The van der Waals surface area contributed by atoms with Gasteiger partial charge in [0.05, 0.1) is 18.4 Å². The van der Waals surface area contributed by atoms with Crippen molar-refractivity contribution in [3.8, 4) is 18.1 Å². The molecule has 18 heavy (non-hydrogen) atoms. The van der Waals surface area contributed by atoms with Crippen LogP contribution in [0, 0.1) is 12.3 Å². The molecular weight excluding hydrogens is 248 g/mol. The predicted octanol–water partition coefficient (Wildman–Crippen LogP) is 1.37. The van der Waals surface area contributed by atoms with Crippen molar-refractivity contribution in [1.29, 1.82) is 0 Å². The number of carbonyl (C=O) groups is 1. The van der Waals surface area contributed by atoms with Gasteiger partial charge in [0.15, 0.2) is 0 Å². The molecule has 1 amide bonds. The minimum absolute atomic E-state index is 0.184. The Hall–Kier alpha value is -1.80. The lowest BCUT2D eigenvalue weighted by molar-refractivity contribution is 0.0957. The Morgan fingerprint density at radius 2 is 2.39 bits per heavy atom. The Balaban J connectivity index is 2.49. The number of hydrogen-bond acceptors (Lipinski definition) is 4. The number of amides is 1. The Labute approximate surface area is 111 Å². The standard InChI is InChI=1S/C13H16N2O2S/c1-3-7-18-8-6-15-13(16)11-5-4-10(17-2)9-12(11)14/h1,4-5,9H,6-8,14H2,2H3,(H,15,16). The van der Waals surface area contributed by atoms with E-state index in [9.17, 15) is 4.79 Å². The topological polar surface area (TPSA) is 64.3 Å². The van der Waals surface area contributed by atoms with Gasteiger partial charge in [0.1, 0.15) is 5.75 Å². The summed E-state index contributed by atoms with van der Waals surface area (Å²) >= 11 is 1.60. The molecule has 0 aliphatic rings. The third-order valence-electron chi connectivity index (χ3n) is 2.22. The molecule has 1 aromatic rings. The molecule has 0 bridgehead atoms. The fourth-order valence-electron chi connectivity index (χ4n) is 1.34. The summed E-state index contributed by atoms with van der Waals surface area (Å²) in [6.45, 7) is 0.566. The summed E-state index contributed by atoms with van der Waals surface area (Å²) in [5.74, 6) is 4.41. The molecule has 0 saturated heterocycles. The van der Waals surface area contributed by atoms with Gasteiger partial charge in [-0.25, -0.2) is 0 Å². The summed E-state index contributed by atoms with van der Waals surface area (Å²) in [5.41, 5.74) is 6.64. The van der Waals surface area contributed by atoms with Gasteiger partial charge in [0.2, 0.25) is 0 Å². The van der Waals surface area contributed by atoms with E-state index in [1.54, 1.807) is 37.1 Å². The van der Waals surface area contributed by atoms with E-state index in [-0.39, 0.29) is 5.91 Å². The molecule has 0 saturated carbocycles. The van der Waals surface area contributed by atoms with E-state index in [2.05, 4.69) is 11.2 Å². The van der Waals surface area contributed by atoms with E-state index in [1.807, 2.05) is 0 Å². The fraction of sp³-hybridized carbons (Fsp3) is 0.308. The number of hydrogen-bond donors (Lipinski definition) is 2. The number of nitrogen functional groups attached to an aromatic ring is 1. The number of nitrogens with one attached hydrogen (secondary N) is 1. The van der Waals surface area contributed by atoms with Crippen LogP contribution >= 0.6 is 11.8 Å². The first-order valence-corrected chi connectivity index (χ1v) is 6.57. The molecule has 0 radical (unpaired) electrons. The lowest BCUT2D eigenvalue weighted by Crippen LogP contribution is -2.26. The highest BCUT2D eigenvalue weighted by Crippen LogP contribution is 2.19. The van der Waals surface area contributed by atoms with Gasteiger partial charge in [-0.3, -0.25) is 4.79 Å². The van der Waals surface area contributed by atoms with Crippen LogP contribution in [0.25, 0.3) is 0 Å². The van der Waals surface area contributed by atoms with Crippen molar-refractivity contribution in [2.75, 3.05) is 30.9 Å². The summed E-state index contributed by atoms with van der Waals surface area (Å²) in [7, 11) is 1.55. The highest BCUT2D eigenvalue weighted by Gasteiger charge is 2.09. The van der Waals surface area contributed by atoms with Crippen LogP contribution in [-0.4, -0.2) is 31.1 Å². The van der Waals surface area contributed by atoms with Crippen LogP contribution in [-0.2, 0) is 0 Å². The minimum Gasteiger partial charge on any atom is -0.497 e. The van der Waals surface area contributed by atoms with Gasteiger partial charge in [-0.1, -0.05) is 5.92 Å². The minimum atomic E-state index is -0.184. The number of carbonyl (C=O) groups excluding carboxylic acids is 1. The van der Waals surface area contributed by atoms with Gasteiger partial charge >= 0.3 is 0 Å². The van der Waals surface area contributed by atoms with Crippen LogP contribution in [0.5, 0.6) is 5.75 Å². The first kappa shape index (κ1) is 14.3. The first-order valence-electron chi connectivity index (χ1n) is 5.42. The van der Waals surface area contributed by atoms with E-state index in [1.165, 1.54) is 0 Å². The van der Waals surface area contributed by atoms with Crippen LogP contribution in [0.4, 0.5) is 5.69 Å². The summed E-state index contributed by atoms with van der Waals surface area (Å²) in [6.07, 6.45) is 5.12. The number of rotatable bonds is 6. The van der Waals surface area contributed by atoms with E-state index in [4.69, 9.17) is 16.9 Å². The van der Waals surface area contributed by atoms with Crippen molar-refractivity contribution in [1.82, 2.24) is 5.32 Å². The molecule has 0 spiro atoms. The van der Waals surface area contributed by atoms with Gasteiger partial charge < -0.3 is 15.8 Å². The maximum atomic E-state index is 11.8. The monoisotopic (exact) mass is 264 g/mol. The third kappa shape index (κ3) is 4.22. The van der Waals surface area contributed by atoms with Crippen LogP contribution < -0.4 is 15.8 Å². The molecule has 0 aromatic heterocycles. The zero-order valence-electron chi connectivity index (χ0n) is 10.2. The number of benzene rings is 1. The largest absolute Gasteiger partial charge is 0.497 e. The Bertz CT molecular complexity index is 455. The SMILES string of the molecule is C#CCSCCNC(=O)c1ccc(OC)cc1N. The van der Waals surface area contributed by atoms with Crippen LogP contribution in [0.2, 0.25) is 0 Å². The molecule has 0 fully saturated rings. The predicted molar refractivity (Wildman–Crippen MR) is 75.9 cm³/mol.